The van der Waals surface area contributed by atoms with E-state index < -0.39 is 30.0 Å². The Kier molecular flexibility index (Phi) is 8.75. The number of terminal acetylenes is 1. The van der Waals surface area contributed by atoms with E-state index in [0.717, 1.165) is 45.2 Å². The van der Waals surface area contributed by atoms with Gasteiger partial charge in [0.05, 0.1) is 28.8 Å². The zero-order valence-electron chi connectivity index (χ0n) is 28.3. The summed E-state index contributed by atoms with van der Waals surface area (Å²) < 4.78 is 82.0. The number of benzene rings is 2. The molecule has 3 saturated heterocycles. The van der Waals surface area contributed by atoms with Gasteiger partial charge in [-0.25, -0.2) is 13.8 Å². The van der Waals surface area contributed by atoms with Crippen molar-refractivity contribution in [1.82, 2.24) is 25.2 Å². The number of aromatic nitrogens is 3. The van der Waals surface area contributed by atoms with Gasteiger partial charge in [-0.2, -0.15) is 23.1 Å². The highest BCUT2D eigenvalue weighted by Gasteiger charge is 2.50. The Morgan fingerprint density at radius 1 is 1.08 bits per heavy atom. The second-order valence-electron chi connectivity index (χ2n) is 14.2. The summed E-state index contributed by atoms with van der Waals surface area (Å²) in [7, 11) is 0. The van der Waals surface area contributed by atoms with E-state index in [9.17, 15) is 17.6 Å². The van der Waals surface area contributed by atoms with Crippen molar-refractivity contribution in [3.05, 3.63) is 53.2 Å². The number of nitrogens with one attached hydrogen (secondary N) is 1. The largest absolute Gasteiger partial charge is 0.461 e. The topological polar surface area (TPSA) is 75.6 Å². The number of hydrogen-bond acceptors (Lipinski definition) is 8. The third-order valence-corrected chi connectivity index (χ3v) is 11.3. The molecule has 4 aliphatic heterocycles. The molecule has 0 saturated carbocycles. The van der Waals surface area contributed by atoms with Gasteiger partial charge in [0.15, 0.2) is 5.82 Å². The minimum absolute atomic E-state index is 0.00984. The first-order chi connectivity index (χ1) is 24.6. The standard InChI is InChI=1S/C38H39F5N6O2/c1-3-23-18-48-24(17-44-23)10-12-29-31-34(32(40)33(45-29)27-8-5-7-22-9-11-28(39)26(4-2)30(22)27)46-36(47-35(31)48)51-20-37-14-6-16-49(37)25(13-15-37)19-50-21-38(41,42)43/h2,5,7-9,11,23-25,44H,3,6,10,12-21H2,1H3/t23-,24-,25+,37+/m1/s1. The Bertz CT molecular complexity index is 2030. The lowest BCUT2D eigenvalue weighted by atomic mass is 9.95. The molecule has 0 aliphatic carbocycles. The van der Waals surface area contributed by atoms with Crippen LogP contribution in [-0.2, 0) is 11.2 Å². The van der Waals surface area contributed by atoms with E-state index in [1.165, 1.54) is 6.07 Å². The Hall–Kier alpha value is -4.12. The van der Waals surface area contributed by atoms with Gasteiger partial charge in [-0.15, -0.1) is 6.42 Å². The molecule has 1 N–H and O–H groups in total. The molecule has 4 aromatic rings. The first-order valence-electron chi connectivity index (χ1n) is 17.7. The minimum atomic E-state index is -4.38. The zero-order chi connectivity index (χ0) is 35.5. The average molecular weight is 707 g/mol. The van der Waals surface area contributed by atoms with Crippen LogP contribution in [0.4, 0.5) is 27.8 Å². The molecule has 13 heteroatoms. The van der Waals surface area contributed by atoms with E-state index in [2.05, 4.69) is 28.0 Å². The molecular formula is C38H39F5N6O2. The summed E-state index contributed by atoms with van der Waals surface area (Å²) in [6, 6.07) is 8.36. The number of alkyl halides is 3. The average Bonchev–Trinajstić information content (AvgIpc) is 3.64. The van der Waals surface area contributed by atoms with Crippen molar-refractivity contribution in [2.24, 2.45) is 0 Å². The van der Waals surface area contributed by atoms with Gasteiger partial charge in [0.2, 0.25) is 0 Å². The van der Waals surface area contributed by atoms with Crippen molar-refractivity contribution in [2.75, 3.05) is 44.4 Å². The van der Waals surface area contributed by atoms with Crippen molar-refractivity contribution >= 4 is 27.5 Å². The van der Waals surface area contributed by atoms with E-state index >= 15 is 4.39 Å². The molecule has 0 amide bonds. The number of aryl methyl sites for hydroxylation is 1. The van der Waals surface area contributed by atoms with E-state index in [0.29, 0.717) is 52.6 Å². The van der Waals surface area contributed by atoms with Crippen molar-refractivity contribution in [2.45, 2.75) is 81.7 Å². The van der Waals surface area contributed by atoms with Crippen molar-refractivity contribution in [3.63, 3.8) is 0 Å². The third-order valence-electron chi connectivity index (χ3n) is 11.3. The van der Waals surface area contributed by atoms with Crippen LogP contribution in [0.5, 0.6) is 6.01 Å². The number of anilines is 1. The fourth-order valence-corrected chi connectivity index (χ4v) is 8.79. The molecule has 51 heavy (non-hydrogen) atoms. The molecule has 4 aliphatic rings. The van der Waals surface area contributed by atoms with Gasteiger partial charge < -0.3 is 19.7 Å². The van der Waals surface area contributed by atoms with Crippen molar-refractivity contribution < 1.29 is 31.4 Å². The molecule has 8 rings (SSSR count). The first-order valence-corrected chi connectivity index (χ1v) is 17.7. The molecule has 4 atom stereocenters. The van der Waals surface area contributed by atoms with Crippen LogP contribution in [0.25, 0.3) is 32.9 Å². The lowest BCUT2D eigenvalue weighted by molar-refractivity contribution is -0.177. The van der Waals surface area contributed by atoms with Gasteiger partial charge in [-0.3, -0.25) is 4.90 Å². The molecule has 0 spiro atoms. The molecular weight excluding hydrogens is 667 g/mol. The fourth-order valence-electron chi connectivity index (χ4n) is 8.79. The first kappa shape index (κ1) is 34.0. The van der Waals surface area contributed by atoms with Crippen LogP contribution in [0.3, 0.4) is 0 Å². The number of rotatable bonds is 8. The highest BCUT2D eigenvalue weighted by molar-refractivity contribution is 6.02. The fraction of sp³-hybridized carbons (Fsp3) is 0.500. The predicted octanol–water partition coefficient (Wildman–Crippen LogP) is 6.56. The normalized spacial score (nSPS) is 24.8. The number of pyridine rings is 1. The third kappa shape index (κ3) is 6.05. The highest BCUT2D eigenvalue weighted by atomic mass is 19.4. The van der Waals surface area contributed by atoms with Crippen LogP contribution in [0.2, 0.25) is 0 Å². The molecule has 0 unspecified atom stereocenters. The molecule has 268 valence electrons. The number of fused-ring (bicyclic) bond motifs is 4. The van der Waals surface area contributed by atoms with Crippen LogP contribution in [0.15, 0.2) is 30.3 Å². The number of nitrogens with zero attached hydrogens (tertiary/aromatic N) is 5. The maximum Gasteiger partial charge on any atom is 0.411 e. The second kappa shape index (κ2) is 13.1. The maximum absolute atomic E-state index is 17.1. The summed E-state index contributed by atoms with van der Waals surface area (Å²) in [6.07, 6.45) is 6.69. The number of halogens is 5. The van der Waals surface area contributed by atoms with Crippen LogP contribution in [-0.4, -0.2) is 89.1 Å². The molecule has 2 aromatic carbocycles. The number of ether oxygens (including phenoxy) is 2. The Labute approximate surface area is 292 Å². The summed E-state index contributed by atoms with van der Waals surface area (Å²) >= 11 is 0. The van der Waals surface area contributed by atoms with E-state index in [1.807, 2.05) is 0 Å². The van der Waals surface area contributed by atoms with Gasteiger partial charge in [-0.1, -0.05) is 37.1 Å². The molecule has 3 fully saturated rings. The van der Waals surface area contributed by atoms with E-state index in [-0.39, 0.29) is 54.1 Å². The molecule has 8 nitrogen and oxygen atoms in total. The highest BCUT2D eigenvalue weighted by Crippen LogP contribution is 2.44. The monoisotopic (exact) mass is 706 g/mol. The predicted molar refractivity (Wildman–Crippen MR) is 184 cm³/mol. The van der Waals surface area contributed by atoms with Gasteiger partial charge in [-0.05, 0) is 62.9 Å². The molecule has 6 heterocycles. The van der Waals surface area contributed by atoms with Gasteiger partial charge in [0, 0.05) is 42.2 Å². The number of piperazine rings is 1. The van der Waals surface area contributed by atoms with Gasteiger partial charge in [0.1, 0.15) is 36.1 Å². The maximum atomic E-state index is 17.1. The Morgan fingerprint density at radius 2 is 1.94 bits per heavy atom. The van der Waals surface area contributed by atoms with Crippen molar-refractivity contribution in [3.8, 4) is 29.6 Å². The summed E-state index contributed by atoms with van der Waals surface area (Å²) in [5.41, 5.74) is 0.759. The Morgan fingerprint density at radius 3 is 2.75 bits per heavy atom. The number of hydrogen-bond donors (Lipinski definition) is 1. The summed E-state index contributed by atoms with van der Waals surface area (Å²) in [4.78, 5) is 19.0. The quantitative estimate of drug-likeness (QED) is 0.163. The smallest absolute Gasteiger partial charge is 0.411 e. The summed E-state index contributed by atoms with van der Waals surface area (Å²) in [5, 5.41) is 5.23. The molecule has 0 radical (unpaired) electrons. The van der Waals surface area contributed by atoms with E-state index in [1.54, 1.807) is 24.3 Å². The second-order valence-corrected chi connectivity index (χ2v) is 14.2. The van der Waals surface area contributed by atoms with Gasteiger partial charge >= 0.3 is 12.2 Å². The summed E-state index contributed by atoms with van der Waals surface area (Å²) in [6.45, 7) is 3.17. The van der Waals surface area contributed by atoms with Crippen molar-refractivity contribution in [1.29, 1.82) is 0 Å². The van der Waals surface area contributed by atoms with Crippen LogP contribution >= 0.6 is 0 Å². The lowest BCUT2D eigenvalue weighted by Crippen LogP contribution is -2.56. The molecule has 0 bridgehead atoms. The Balaban J connectivity index is 1.21. The molecule has 2 aromatic heterocycles. The van der Waals surface area contributed by atoms with E-state index in [4.69, 9.17) is 30.8 Å². The van der Waals surface area contributed by atoms with Crippen LogP contribution < -0.4 is 15.0 Å². The zero-order valence-corrected chi connectivity index (χ0v) is 28.3. The van der Waals surface area contributed by atoms with Crippen LogP contribution in [0, 0.1) is 24.0 Å². The minimum Gasteiger partial charge on any atom is -0.461 e. The van der Waals surface area contributed by atoms with Gasteiger partial charge in [0.25, 0.3) is 0 Å². The lowest BCUT2D eigenvalue weighted by Gasteiger charge is -2.40. The SMILES string of the molecule is C#Cc1c(F)ccc2cccc(-c3nc4c5c(nc(OC[C@@]67CCCN6[C@H](COCC(F)(F)F)CC7)nc5c3F)N3C[C@@H](CC)NC[C@H]3CC4)c12. The van der Waals surface area contributed by atoms with Crippen LogP contribution in [0.1, 0.15) is 56.7 Å². The summed E-state index contributed by atoms with van der Waals surface area (Å²) in [5.74, 6) is 1.77.